The summed E-state index contributed by atoms with van der Waals surface area (Å²) < 4.78 is 1.90. The molecule has 3 aromatic rings. The lowest BCUT2D eigenvalue weighted by Gasteiger charge is -2.07. The van der Waals surface area contributed by atoms with Crippen LogP contribution in [0.25, 0.3) is 10.2 Å². The molecule has 0 aliphatic rings. The lowest BCUT2D eigenvalue weighted by Crippen LogP contribution is -2.33. The molecule has 0 spiro atoms. The Morgan fingerprint density at radius 3 is 3.04 bits per heavy atom. The second-order valence-corrected chi connectivity index (χ2v) is 6.40. The van der Waals surface area contributed by atoms with Crippen LogP contribution in [0.5, 0.6) is 0 Å². The molecule has 0 unspecified atom stereocenters. The lowest BCUT2D eigenvalue weighted by molar-refractivity contribution is -0.121. The Bertz CT molecular complexity index is 903. The first-order valence-electron chi connectivity index (χ1n) is 7.07. The highest BCUT2D eigenvalue weighted by Gasteiger charge is 2.08. The summed E-state index contributed by atoms with van der Waals surface area (Å²) in [5, 5.41) is 5.29. The third-order valence-electron chi connectivity index (χ3n) is 3.37. The Morgan fingerprint density at radius 2 is 2.22 bits per heavy atom. The largest absolute Gasteiger partial charge is 0.354 e. The molecule has 0 aliphatic heterocycles. The normalized spacial score (nSPS) is 10.8. The van der Waals surface area contributed by atoms with Crippen molar-refractivity contribution in [2.75, 3.05) is 6.54 Å². The summed E-state index contributed by atoms with van der Waals surface area (Å²) >= 11 is 7.25. The van der Waals surface area contributed by atoms with E-state index in [4.69, 9.17) is 11.6 Å². The molecular weight excluding hydrogens is 334 g/mol. The van der Waals surface area contributed by atoms with E-state index in [9.17, 15) is 9.59 Å². The fourth-order valence-electron chi connectivity index (χ4n) is 2.24. The summed E-state index contributed by atoms with van der Waals surface area (Å²) in [6, 6.07) is 9.30. The van der Waals surface area contributed by atoms with Crippen LogP contribution < -0.4 is 10.9 Å². The van der Waals surface area contributed by atoms with Gasteiger partial charge in [-0.15, -0.1) is 11.3 Å². The van der Waals surface area contributed by atoms with E-state index in [2.05, 4.69) is 10.3 Å². The van der Waals surface area contributed by atoms with Crippen molar-refractivity contribution in [1.82, 2.24) is 14.9 Å². The molecule has 1 amide bonds. The van der Waals surface area contributed by atoms with Crippen LogP contribution >= 0.6 is 22.9 Å². The minimum Gasteiger partial charge on any atom is -0.354 e. The molecule has 0 saturated heterocycles. The van der Waals surface area contributed by atoms with Crippen molar-refractivity contribution in [3.8, 4) is 0 Å². The van der Waals surface area contributed by atoms with Gasteiger partial charge in [0.05, 0.1) is 11.8 Å². The van der Waals surface area contributed by atoms with Gasteiger partial charge in [0.2, 0.25) is 5.91 Å². The number of aromatic nitrogens is 2. The number of rotatable bonds is 5. The topological polar surface area (TPSA) is 64.0 Å². The Kier molecular flexibility index (Phi) is 4.73. The van der Waals surface area contributed by atoms with E-state index in [1.54, 1.807) is 6.07 Å². The molecule has 1 N–H and O–H groups in total. The molecule has 1 aromatic carbocycles. The van der Waals surface area contributed by atoms with E-state index in [0.29, 0.717) is 28.2 Å². The van der Waals surface area contributed by atoms with Gasteiger partial charge in [-0.1, -0.05) is 23.7 Å². The Labute approximate surface area is 141 Å². The predicted molar refractivity (Wildman–Crippen MR) is 92.0 cm³/mol. The molecule has 0 bridgehead atoms. The second-order valence-electron chi connectivity index (χ2n) is 5.04. The quantitative estimate of drug-likeness (QED) is 0.771. The van der Waals surface area contributed by atoms with Crippen LogP contribution in [0.4, 0.5) is 0 Å². The van der Waals surface area contributed by atoms with Crippen molar-refractivity contribution in [1.29, 1.82) is 0 Å². The Hall–Kier alpha value is -2.18. The summed E-state index contributed by atoms with van der Waals surface area (Å²) in [6.45, 7) is 0.456. The van der Waals surface area contributed by atoms with Crippen LogP contribution in [-0.2, 0) is 17.8 Å². The zero-order chi connectivity index (χ0) is 16.2. The SMILES string of the molecule is O=C(Cn1cnc2ccsc2c1=O)NCCc1cccc(Cl)c1. The first-order chi connectivity index (χ1) is 11.1. The molecule has 0 fully saturated rings. The Balaban J connectivity index is 1.58. The van der Waals surface area contributed by atoms with Gasteiger partial charge < -0.3 is 5.32 Å². The average molecular weight is 348 g/mol. The van der Waals surface area contributed by atoms with Crippen molar-refractivity contribution >= 4 is 39.1 Å². The molecule has 5 nitrogen and oxygen atoms in total. The fraction of sp³-hybridized carbons (Fsp3) is 0.188. The first-order valence-corrected chi connectivity index (χ1v) is 8.33. The molecule has 118 valence electrons. The third kappa shape index (κ3) is 3.78. The number of amides is 1. The number of benzene rings is 1. The van der Waals surface area contributed by atoms with Gasteiger partial charge in [0, 0.05) is 11.6 Å². The van der Waals surface area contributed by atoms with Crippen molar-refractivity contribution in [3.63, 3.8) is 0 Å². The molecule has 0 atom stereocenters. The maximum atomic E-state index is 12.2. The van der Waals surface area contributed by atoms with E-state index < -0.39 is 0 Å². The van der Waals surface area contributed by atoms with E-state index in [0.717, 1.165) is 5.56 Å². The first kappa shape index (κ1) is 15.7. The number of fused-ring (bicyclic) bond motifs is 1. The van der Waals surface area contributed by atoms with Crippen LogP contribution in [0.15, 0.2) is 46.8 Å². The molecule has 3 rings (SSSR count). The van der Waals surface area contributed by atoms with Gasteiger partial charge in [0.25, 0.3) is 5.56 Å². The number of nitrogens with zero attached hydrogens (tertiary/aromatic N) is 2. The molecule has 2 aromatic heterocycles. The minimum atomic E-state index is -0.216. The maximum Gasteiger partial charge on any atom is 0.271 e. The third-order valence-corrected chi connectivity index (χ3v) is 4.50. The van der Waals surface area contributed by atoms with Crippen LogP contribution in [-0.4, -0.2) is 22.0 Å². The van der Waals surface area contributed by atoms with Crippen LogP contribution in [0, 0.1) is 0 Å². The zero-order valence-electron chi connectivity index (χ0n) is 12.2. The minimum absolute atomic E-state index is 0.0325. The number of halogens is 1. The molecular formula is C16H14ClN3O2S. The number of carbonyl (C=O) groups excluding carboxylic acids is 1. The van der Waals surface area contributed by atoms with Crippen LogP contribution in [0.3, 0.4) is 0 Å². The van der Waals surface area contributed by atoms with Crippen molar-refractivity contribution in [2.45, 2.75) is 13.0 Å². The molecule has 0 saturated carbocycles. The summed E-state index contributed by atoms with van der Waals surface area (Å²) in [5.74, 6) is -0.216. The van der Waals surface area contributed by atoms with Gasteiger partial charge in [-0.25, -0.2) is 4.98 Å². The number of thiophene rings is 1. The highest BCUT2D eigenvalue weighted by molar-refractivity contribution is 7.17. The standard InChI is InChI=1S/C16H14ClN3O2S/c17-12-3-1-2-11(8-12)4-6-18-14(21)9-20-10-19-13-5-7-23-15(13)16(20)22/h1-3,5,7-8,10H,4,6,9H2,(H,18,21). The monoisotopic (exact) mass is 347 g/mol. The van der Waals surface area contributed by atoms with Gasteiger partial charge in [-0.05, 0) is 35.6 Å². The average Bonchev–Trinajstić information content (AvgIpc) is 3.00. The van der Waals surface area contributed by atoms with Crippen LogP contribution in [0.1, 0.15) is 5.56 Å². The van der Waals surface area contributed by atoms with Gasteiger partial charge in [0.1, 0.15) is 11.2 Å². The van der Waals surface area contributed by atoms with Gasteiger partial charge in [0.15, 0.2) is 0 Å². The summed E-state index contributed by atoms with van der Waals surface area (Å²) in [4.78, 5) is 28.3. The maximum absolute atomic E-state index is 12.2. The molecule has 23 heavy (non-hydrogen) atoms. The van der Waals surface area contributed by atoms with Crippen LogP contribution in [0.2, 0.25) is 5.02 Å². The molecule has 7 heteroatoms. The van der Waals surface area contributed by atoms with Gasteiger partial charge in [-0.2, -0.15) is 0 Å². The summed E-state index contributed by atoms with van der Waals surface area (Å²) in [6.07, 6.45) is 2.09. The molecule has 2 heterocycles. The summed E-state index contributed by atoms with van der Waals surface area (Å²) in [5.41, 5.74) is 1.53. The zero-order valence-corrected chi connectivity index (χ0v) is 13.7. The Morgan fingerprint density at radius 1 is 1.35 bits per heavy atom. The number of nitrogens with one attached hydrogen (secondary N) is 1. The van der Waals surface area contributed by atoms with E-state index in [-0.39, 0.29) is 18.0 Å². The highest BCUT2D eigenvalue weighted by atomic mass is 35.5. The van der Waals surface area contributed by atoms with Crippen molar-refractivity contribution < 1.29 is 4.79 Å². The predicted octanol–water partition coefficient (Wildman–Crippen LogP) is 2.47. The fourth-order valence-corrected chi connectivity index (χ4v) is 3.25. The van der Waals surface area contributed by atoms with E-state index in [1.165, 1.54) is 22.2 Å². The number of hydrogen-bond acceptors (Lipinski definition) is 4. The van der Waals surface area contributed by atoms with Crippen molar-refractivity contribution in [2.24, 2.45) is 0 Å². The smallest absolute Gasteiger partial charge is 0.271 e. The van der Waals surface area contributed by atoms with E-state index in [1.807, 2.05) is 29.6 Å². The van der Waals surface area contributed by atoms with Crippen molar-refractivity contribution in [3.05, 3.63) is 63.0 Å². The second kappa shape index (κ2) is 6.93. The highest BCUT2D eigenvalue weighted by Crippen LogP contribution is 2.13. The lowest BCUT2D eigenvalue weighted by atomic mass is 10.1. The van der Waals surface area contributed by atoms with E-state index >= 15 is 0 Å². The molecule has 0 aliphatic carbocycles. The summed E-state index contributed by atoms with van der Waals surface area (Å²) in [7, 11) is 0. The van der Waals surface area contributed by atoms with Gasteiger partial charge in [-0.3, -0.25) is 14.2 Å². The van der Waals surface area contributed by atoms with Gasteiger partial charge >= 0.3 is 0 Å². The molecule has 0 radical (unpaired) electrons. The number of hydrogen-bond donors (Lipinski definition) is 1. The number of carbonyl (C=O) groups is 1.